The maximum absolute atomic E-state index is 12.6. The molecule has 0 N–H and O–H groups in total. The number of hydrogen-bond donors (Lipinski definition) is 0. The van der Waals surface area contributed by atoms with Crippen molar-refractivity contribution in [1.29, 1.82) is 0 Å². The van der Waals surface area contributed by atoms with Crippen LogP contribution in [0.2, 0.25) is 0 Å². The lowest BCUT2D eigenvalue weighted by Gasteiger charge is -2.36. The Morgan fingerprint density at radius 2 is 2.00 bits per heavy atom. The van der Waals surface area contributed by atoms with Crippen molar-refractivity contribution in [3.8, 4) is 0 Å². The number of benzene rings is 1. The van der Waals surface area contributed by atoms with E-state index in [-0.39, 0.29) is 13.2 Å². The first-order chi connectivity index (χ1) is 11.6. The van der Waals surface area contributed by atoms with Crippen molar-refractivity contribution in [1.82, 2.24) is 4.90 Å². The van der Waals surface area contributed by atoms with E-state index in [1.165, 1.54) is 4.90 Å². The van der Waals surface area contributed by atoms with Gasteiger partial charge in [-0.15, -0.1) is 0 Å². The van der Waals surface area contributed by atoms with Crippen LogP contribution in [0.15, 0.2) is 30.3 Å². The molecule has 6 heteroatoms. The van der Waals surface area contributed by atoms with Crippen molar-refractivity contribution in [3.05, 3.63) is 35.9 Å². The molecular weight excluding hydrogens is 322 g/mol. The van der Waals surface area contributed by atoms with Crippen molar-refractivity contribution < 1.29 is 23.8 Å². The van der Waals surface area contributed by atoms with E-state index in [0.717, 1.165) is 11.8 Å². The Kier molecular flexibility index (Phi) is 5.85. The van der Waals surface area contributed by atoms with Gasteiger partial charge in [0.1, 0.15) is 17.4 Å². The molecule has 0 radical (unpaired) electrons. The maximum Gasteiger partial charge on any atom is 0.413 e. The third-order valence-electron chi connectivity index (χ3n) is 3.91. The van der Waals surface area contributed by atoms with E-state index in [1.807, 2.05) is 30.3 Å². The van der Waals surface area contributed by atoms with Gasteiger partial charge in [0.2, 0.25) is 0 Å². The lowest BCUT2D eigenvalue weighted by Crippen LogP contribution is -2.54. The highest BCUT2D eigenvalue weighted by molar-refractivity contribution is 5.71. The van der Waals surface area contributed by atoms with E-state index in [9.17, 15) is 9.59 Å². The van der Waals surface area contributed by atoms with Gasteiger partial charge in [0.05, 0.1) is 19.3 Å². The minimum atomic E-state index is -0.871. The Morgan fingerprint density at radius 3 is 2.56 bits per heavy atom. The van der Waals surface area contributed by atoms with Gasteiger partial charge in [-0.1, -0.05) is 30.3 Å². The summed E-state index contributed by atoms with van der Waals surface area (Å²) in [5.74, 6) is 0. The molecule has 1 fully saturated rings. The number of ether oxygens (including phenoxy) is 3. The number of carbonyl (C=O) groups is 2. The van der Waals surface area contributed by atoms with Gasteiger partial charge >= 0.3 is 6.09 Å². The molecule has 1 saturated heterocycles. The fraction of sp³-hybridized carbons (Fsp3) is 0.579. The van der Waals surface area contributed by atoms with Crippen LogP contribution in [0, 0.1) is 0 Å². The highest BCUT2D eigenvalue weighted by Crippen LogP contribution is 2.31. The van der Waals surface area contributed by atoms with E-state index in [2.05, 4.69) is 0 Å². The van der Waals surface area contributed by atoms with Crippen molar-refractivity contribution in [2.45, 2.75) is 64.7 Å². The zero-order chi connectivity index (χ0) is 18.7. The summed E-state index contributed by atoms with van der Waals surface area (Å²) in [6.07, 6.45) is -0.597. The quantitative estimate of drug-likeness (QED) is 0.764. The van der Waals surface area contributed by atoms with Gasteiger partial charge in [-0.3, -0.25) is 4.90 Å². The van der Waals surface area contributed by atoms with Crippen molar-refractivity contribution in [2.75, 3.05) is 6.61 Å². The predicted molar refractivity (Wildman–Crippen MR) is 93.0 cm³/mol. The van der Waals surface area contributed by atoms with Crippen LogP contribution >= 0.6 is 0 Å². The topological polar surface area (TPSA) is 65.1 Å². The first-order valence-electron chi connectivity index (χ1n) is 8.41. The molecule has 0 spiro atoms. The summed E-state index contributed by atoms with van der Waals surface area (Å²) in [5, 5.41) is 0. The van der Waals surface area contributed by atoms with E-state index in [1.54, 1.807) is 34.6 Å². The van der Waals surface area contributed by atoms with Crippen LogP contribution in [-0.2, 0) is 25.6 Å². The number of carbonyl (C=O) groups excluding carboxylic acids is 2. The molecule has 0 unspecified atom stereocenters. The average Bonchev–Trinajstić information content (AvgIpc) is 2.83. The number of aldehydes is 1. The summed E-state index contributed by atoms with van der Waals surface area (Å²) in [6, 6.07) is 9.03. The molecular formula is C19H27NO5. The van der Waals surface area contributed by atoms with Crippen molar-refractivity contribution in [3.63, 3.8) is 0 Å². The Hall–Kier alpha value is -1.92. The average molecular weight is 349 g/mol. The fourth-order valence-corrected chi connectivity index (χ4v) is 2.75. The smallest absolute Gasteiger partial charge is 0.413 e. The van der Waals surface area contributed by atoms with E-state index in [4.69, 9.17) is 14.2 Å². The second-order valence-corrected chi connectivity index (χ2v) is 7.57. The van der Waals surface area contributed by atoms with Crippen LogP contribution in [0.5, 0.6) is 0 Å². The predicted octanol–water partition coefficient (Wildman–Crippen LogP) is 3.14. The zero-order valence-electron chi connectivity index (χ0n) is 15.5. The summed E-state index contributed by atoms with van der Waals surface area (Å²) in [5.41, 5.74) is -0.553. The van der Waals surface area contributed by atoms with Gasteiger partial charge in [0.15, 0.2) is 6.29 Å². The first-order valence-corrected chi connectivity index (χ1v) is 8.41. The van der Waals surface area contributed by atoms with Crippen LogP contribution in [0.4, 0.5) is 4.79 Å². The summed E-state index contributed by atoms with van der Waals surface area (Å²) in [7, 11) is 0. The van der Waals surface area contributed by atoms with Gasteiger partial charge in [-0.2, -0.15) is 0 Å². The Labute approximate surface area is 149 Å². The molecule has 0 aromatic heterocycles. The molecule has 25 heavy (non-hydrogen) atoms. The molecule has 2 atom stereocenters. The molecule has 2 rings (SSSR count). The number of nitrogens with zero attached hydrogens (tertiary/aromatic N) is 1. The molecule has 0 saturated carbocycles. The van der Waals surface area contributed by atoms with Gasteiger partial charge < -0.3 is 19.0 Å². The van der Waals surface area contributed by atoms with Gasteiger partial charge in [0, 0.05) is 0 Å². The lowest BCUT2D eigenvalue weighted by molar-refractivity contribution is -0.123. The maximum atomic E-state index is 12.6. The van der Waals surface area contributed by atoms with Gasteiger partial charge in [-0.05, 0) is 40.2 Å². The highest BCUT2D eigenvalue weighted by atomic mass is 16.6. The second-order valence-electron chi connectivity index (χ2n) is 7.57. The number of rotatable bonds is 5. The standard InChI is InChI=1S/C19H27NO5/c1-18(2,3)25-17(22)20-15(13-24-19(20,4)5)16(11-21)23-12-14-9-7-6-8-10-14/h6-11,15-16H,12-13H2,1-5H3/t15-,16+/m0/s1. The van der Waals surface area contributed by atoms with Gasteiger partial charge in [-0.25, -0.2) is 4.79 Å². The fourth-order valence-electron chi connectivity index (χ4n) is 2.75. The Balaban J connectivity index is 2.12. The van der Waals surface area contributed by atoms with Crippen LogP contribution in [0.25, 0.3) is 0 Å². The van der Waals surface area contributed by atoms with Crippen LogP contribution in [0.1, 0.15) is 40.2 Å². The normalized spacial score (nSPS) is 21.0. The van der Waals surface area contributed by atoms with E-state index in [0.29, 0.717) is 0 Å². The highest BCUT2D eigenvalue weighted by Gasteiger charge is 2.49. The molecule has 1 aliphatic rings. The lowest BCUT2D eigenvalue weighted by atomic mass is 10.1. The molecule has 0 bridgehead atoms. The molecule has 1 aliphatic heterocycles. The number of hydrogen-bond acceptors (Lipinski definition) is 5. The van der Waals surface area contributed by atoms with Crippen LogP contribution in [0.3, 0.4) is 0 Å². The number of amides is 1. The summed E-state index contributed by atoms with van der Waals surface area (Å²) < 4.78 is 17.0. The van der Waals surface area contributed by atoms with Crippen LogP contribution in [-0.4, -0.2) is 47.4 Å². The molecule has 0 aliphatic carbocycles. The van der Waals surface area contributed by atoms with Crippen LogP contribution < -0.4 is 0 Å². The molecule has 138 valence electrons. The minimum Gasteiger partial charge on any atom is -0.444 e. The SMILES string of the molecule is CC(C)(C)OC(=O)N1[C@H]([C@@H](C=O)OCc2ccccc2)COC1(C)C. The summed E-state index contributed by atoms with van der Waals surface area (Å²) in [4.78, 5) is 25.7. The van der Waals surface area contributed by atoms with E-state index < -0.39 is 29.6 Å². The van der Waals surface area contributed by atoms with Crippen molar-refractivity contribution in [2.24, 2.45) is 0 Å². The summed E-state index contributed by atoms with van der Waals surface area (Å²) >= 11 is 0. The second kappa shape index (κ2) is 7.54. The molecule has 1 aromatic carbocycles. The summed E-state index contributed by atoms with van der Waals surface area (Å²) in [6.45, 7) is 9.44. The third-order valence-corrected chi connectivity index (χ3v) is 3.91. The first kappa shape index (κ1) is 19.4. The largest absolute Gasteiger partial charge is 0.444 e. The molecule has 1 aromatic rings. The third kappa shape index (κ3) is 5.03. The Morgan fingerprint density at radius 1 is 1.36 bits per heavy atom. The van der Waals surface area contributed by atoms with Crippen molar-refractivity contribution >= 4 is 12.4 Å². The Bertz CT molecular complexity index is 594. The van der Waals surface area contributed by atoms with Gasteiger partial charge in [0.25, 0.3) is 0 Å². The van der Waals surface area contributed by atoms with E-state index >= 15 is 0 Å². The molecule has 1 amide bonds. The molecule has 1 heterocycles. The monoisotopic (exact) mass is 349 g/mol. The minimum absolute atomic E-state index is 0.213. The molecule has 6 nitrogen and oxygen atoms in total. The zero-order valence-corrected chi connectivity index (χ0v) is 15.5.